The van der Waals surface area contributed by atoms with Gasteiger partial charge < -0.3 is 16.0 Å². The molecule has 6 nitrogen and oxygen atoms in total. The van der Waals surface area contributed by atoms with E-state index in [1.807, 2.05) is 18.2 Å². The van der Waals surface area contributed by atoms with Gasteiger partial charge in [0.2, 0.25) is 5.91 Å². The average molecular weight is 329 g/mol. The minimum Gasteiger partial charge on any atom is -0.356 e. The van der Waals surface area contributed by atoms with Crippen LogP contribution < -0.4 is 16.0 Å². The minimum atomic E-state index is -0.344. The second kappa shape index (κ2) is 9.24. The van der Waals surface area contributed by atoms with E-state index in [1.54, 1.807) is 13.2 Å². The van der Waals surface area contributed by atoms with Crippen LogP contribution in [0.5, 0.6) is 0 Å². The van der Waals surface area contributed by atoms with E-state index >= 15 is 0 Å². The van der Waals surface area contributed by atoms with Gasteiger partial charge in [-0.05, 0) is 36.4 Å². The average Bonchev–Trinajstić information content (AvgIpc) is 2.61. The summed E-state index contributed by atoms with van der Waals surface area (Å²) in [5.74, 6) is -0.0573. The maximum Gasteiger partial charge on any atom is 0.243 e. The number of aromatic nitrogens is 1. The predicted octanol–water partition coefficient (Wildman–Crippen LogP) is 1.57. The zero-order valence-electron chi connectivity index (χ0n) is 13.4. The summed E-state index contributed by atoms with van der Waals surface area (Å²) >= 11 is 0. The van der Waals surface area contributed by atoms with Crippen molar-refractivity contribution >= 4 is 17.6 Å². The largest absolute Gasteiger partial charge is 0.356 e. The first-order valence-electron chi connectivity index (χ1n) is 7.57. The minimum absolute atomic E-state index is 0.0562. The van der Waals surface area contributed by atoms with Gasteiger partial charge in [-0.15, -0.1) is 0 Å². The summed E-state index contributed by atoms with van der Waals surface area (Å²) in [6, 6.07) is 11.4. The lowest BCUT2D eigenvalue weighted by Crippen LogP contribution is -2.42. The first-order chi connectivity index (χ1) is 11.7. The Labute approximate surface area is 140 Å². The van der Waals surface area contributed by atoms with Crippen molar-refractivity contribution in [3.8, 4) is 0 Å². The summed E-state index contributed by atoms with van der Waals surface area (Å²) in [5, 5.41) is 8.70. The van der Waals surface area contributed by atoms with E-state index in [0.29, 0.717) is 18.2 Å². The van der Waals surface area contributed by atoms with Crippen LogP contribution in [0, 0.1) is 5.82 Å². The molecule has 0 spiro atoms. The van der Waals surface area contributed by atoms with E-state index in [9.17, 15) is 9.18 Å². The van der Waals surface area contributed by atoms with Gasteiger partial charge in [0, 0.05) is 37.6 Å². The van der Waals surface area contributed by atoms with E-state index in [2.05, 4.69) is 25.9 Å². The lowest BCUT2D eigenvalue weighted by atomic mass is 10.3. The Bertz CT molecular complexity index is 673. The van der Waals surface area contributed by atoms with Crippen molar-refractivity contribution in [2.24, 2.45) is 4.99 Å². The highest BCUT2D eigenvalue weighted by Crippen LogP contribution is 2.07. The Balaban J connectivity index is 1.70. The Morgan fingerprint density at radius 2 is 1.96 bits per heavy atom. The summed E-state index contributed by atoms with van der Waals surface area (Å²) < 4.78 is 12.8. The molecule has 1 aromatic heterocycles. The maximum atomic E-state index is 12.8. The van der Waals surface area contributed by atoms with Gasteiger partial charge in [-0.1, -0.05) is 6.07 Å². The number of pyridine rings is 1. The number of guanidine groups is 1. The van der Waals surface area contributed by atoms with Crippen LogP contribution in [0.2, 0.25) is 0 Å². The van der Waals surface area contributed by atoms with Gasteiger partial charge in [0.1, 0.15) is 5.82 Å². The number of nitrogens with one attached hydrogen (secondary N) is 3. The molecule has 1 aromatic carbocycles. The lowest BCUT2D eigenvalue weighted by Gasteiger charge is -2.12. The van der Waals surface area contributed by atoms with Crippen LogP contribution in [0.15, 0.2) is 53.7 Å². The molecular weight excluding hydrogens is 309 g/mol. The van der Waals surface area contributed by atoms with Crippen molar-refractivity contribution in [1.82, 2.24) is 15.6 Å². The van der Waals surface area contributed by atoms with Crippen LogP contribution in [-0.4, -0.2) is 37.0 Å². The molecule has 0 radical (unpaired) electrons. The van der Waals surface area contributed by atoms with Crippen LogP contribution in [0.1, 0.15) is 5.69 Å². The molecule has 1 heterocycles. The lowest BCUT2D eigenvalue weighted by molar-refractivity contribution is -0.115. The molecule has 2 rings (SSSR count). The first kappa shape index (κ1) is 17.4. The van der Waals surface area contributed by atoms with Gasteiger partial charge >= 0.3 is 0 Å². The monoisotopic (exact) mass is 329 g/mol. The molecular formula is C17H20FN5O. The Morgan fingerprint density at radius 1 is 1.17 bits per heavy atom. The molecule has 0 aliphatic rings. The fourth-order valence-corrected chi connectivity index (χ4v) is 1.98. The van der Waals surface area contributed by atoms with Gasteiger partial charge in [0.15, 0.2) is 5.96 Å². The van der Waals surface area contributed by atoms with Gasteiger partial charge in [-0.25, -0.2) is 4.39 Å². The van der Waals surface area contributed by atoms with Crippen LogP contribution >= 0.6 is 0 Å². The smallest absolute Gasteiger partial charge is 0.243 e. The third-order valence-corrected chi connectivity index (χ3v) is 3.17. The quantitative estimate of drug-likeness (QED) is 0.555. The third-order valence-electron chi connectivity index (χ3n) is 3.17. The zero-order valence-corrected chi connectivity index (χ0v) is 13.4. The molecule has 0 saturated carbocycles. The highest BCUT2D eigenvalue weighted by molar-refractivity contribution is 5.94. The van der Waals surface area contributed by atoms with E-state index in [0.717, 1.165) is 12.1 Å². The number of rotatable bonds is 6. The summed E-state index contributed by atoms with van der Waals surface area (Å²) in [6.07, 6.45) is 2.51. The molecule has 2 aromatic rings. The molecule has 126 valence electrons. The normalized spacial score (nSPS) is 11.0. The first-order valence-corrected chi connectivity index (χ1v) is 7.57. The number of aliphatic imine (C=N–C) groups is 1. The van der Waals surface area contributed by atoms with Crippen molar-refractivity contribution in [3.63, 3.8) is 0 Å². The Hall–Kier alpha value is -2.96. The number of benzene rings is 1. The maximum absolute atomic E-state index is 12.8. The summed E-state index contributed by atoms with van der Waals surface area (Å²) in [5.41, 5.74) is 1.52. The van der Waals surface area contributed by atoms with Crippen LogP contribution in [0.4, 0.5) is 10.1 Å². The van der Waals surface area contributed by atoms with Crippen molar-refractivity contribution in [2.45, 2.75) is 6.42 Å². The number of amides is 1. The van der Waals surface area contributed by atoms with Crippen LogP contribution in [0.25, 0.3) is 0 Å². The molecule has 0 unspecified atom stereocenters. The van der Waals surface area contributed by atoms with Crippen molar-refractivity contribution < 1.29 is 9.18 Å². The van der Waals surface area contributed by atoms with Crippen molar-refractivity contribution in [3.05, 3.63) is 60.2 Å². The molecule has 0 atom stereocenters. The number of halogens is 1. The van der Waals surface area contributed by atoms with Gasteiger partial charge in [-0.3, -0.25) is 14.8 Å². The van der Waals surface area contributed by atoms with E-state index in [-0.39, 0.29) is 18.3 Å². The van der Waals surface area contributed by atoms with E-state index in [1.165, 1.54) is 24.3 Å². The molecule has 0 aliphatic carbocycles. The van der Waals surface area contributed by atoms with Crippen molar-refractivity contribution in [1.29, 1.82) is 0 Å². The topological polar surface area (TPSA) is 78.4 Å². The number of anilines is 1. The third kappa shape index (κ3) is 6.04. The molecule has 3 N–H and O–H groups in total. The molecule has 7 heteroatoms. The second-order valence-electron chi connectivity index (χ2n) is 4.98. The molecule has 1 amide bonds. The van der Waals surface area contributed by atoms with Gasteiger partial charge in [0.05, 0.1) is 6.54 Å². The molecule has 0 bridgehead atoms. The van der Waals surface area contributed by atoms with Gasteiger partial charge in [0.25, 0.3) is 0 Å². The fraction of sp³-hybridized carbons (Fsp3) is 0.235. The molecule has 0 aliphatic heterocycles. The number of carbonyl (C=O) groups excluding carboxylic acids is 1. The Kier molecular flexibility index (Phi) is 6.70. The van der Waals surface area contributed by atoms with Crippen LogP contribution in [-0.2, 0) is 11.2 Å². The summed E-state index contributed by atoms with van der Waals surface area (Å²) in [4.78, 5) is 20.1. The van der Waals surface area contributed by atoms with Gasteiger partial charge in [-0.2, -0.15) is 0 Å². The highest BCUT2D eigenvalue weighted by atomic mass is 19.1. The number of hydrogen-bond donors (Lipinski definition) is 3. The molecule has 0 fully saturated rings. The number of nitrogens with zero attached hydrogens (tertiary/aromatic N) is 2. The van der Waals surface area contributed by atoms with Crippen LogP contribution in [0.3, 0.4) is 0 Å². The second-order valence-corrected chi connectivity index (χ2v) is 4.98. The molecule has 24 heavy (non-hydrogen) atoms. The SMILES string of the molecule is CN=C(NCCc1ccccn1)NCC(=O)Nc1ccc(F)cc1. The predicted molar refractivity (Wildman–Crippen MR) is 92.3 cm³/mol. The highest BCUT2D eigenvalue weighted by Gasteiger charge is 2.04. The standard InChI is InChI=1S/C17H20FN5O/c1-19-17(21-11-9-14-4-2-3-10-20-14)22-12-16(24)23-15-7-5-13(18)6-8-15/h2-8,10H,9,11-12H2,1H3,(H,23,24)(H2,19,21,22). The van der Waals surface area contributed by atoms with E-state index in [4.69, 9.17) is 0 Å². The summed E-state index contributed by atoms with van der Waals surface area (Å²) in [6.45, 7) is 0.705. The zero-order chi connectivity index (χ0) is 17.2. The fourth-order valence-electron chi connectivity index (χ4n) is 1.98. The van der Waals surface area contributed by atoms with E-state index < -0.39 is 0 Å². The van der Waals surface area contributed by atoms with Crippen molar-refractivity contribution in [2.75, 3.05) is 25.5 Å². The number of hydrogen-bond acceptors (Lipinski definition) is 3. The Morgan fingerprint density at radius 3 is 2.62 bits per heavy atom. The number of carbonyl (C=O) groups is 1. The molecule has 0 saturated heterocycles. The summed E-state index contributed by atoms with van der Waals surface area (Å²) in [7, 11) is 1.63.